The van der Waals surface area contributed by atoms with Gasteiger partial charge in [-0.3, -0.25) is 19.6 Å². The van der Waals surface area contributed by atoms with Gasteiger partial charge in [0.15, 0.2) is 9.54 Å². The van der Waals surface area contributed by atoms with Crippen LogP contribution in [0.25, 0.3) is 0 Å². The maximum Gasteiger partial charge on any atom is 0.300 e. The quantitative estimate of drug-likeness (QED) is 0.559. The first-order chi connectivity index (χ1) is 5.45. The monoisotopic (exact) mass is 207 g/mol. The van der Waals surface area contributed by atoms with Gasteiger partial charge in [-0.25, -0.2) is 0 Å². The highest BCUT2D eigenvalue weighted by molar-refractivity contribution is 7.72. The summed E-state index contributed by atoms with van der Waals surface area (Å²) >= 11 is 9.57. The SMILES string of the molecule is CC(=O)O.Cn1c(=S)[nH][nH]c1=S. The number of carboxylic acid groups (broad SMARTS) is 1. The molecule has 0 aromatic carbocycles. The summed E-state index contributed by atoms with van der Waals surface area (Å²) in [6.45, 7) is 1.08. The molecule has 0 bridgehead atoms. The van der Waals surface area contributed by atoms with E-state index in [9.17, 15) is 0 Å². The van der Waals surface area contributed by atoms with E-state index in [0.29, 0.717) is 9.54 Å². The average molecular weight is 207 g/mol. The van der Waals surface area contributed by atoms with Gasteiger partial charge < -0.3 is 5.11 Å². The van der Waals surface area contributed by atoms with Crippen LogP contribution < -0.4 is 0 Å². The number of rotatable bonds is 0. The van der Waals surface area contributed by atoms with Gasteiger partial charge in [-0.05, 0) is 24.4 Å². The smallest absolute Gasteiger partial charge is 0.300 e. The molecule has 0 saturated carbocycles. The first-order valence-corrected chi connectivity index (χ1v) is 3.80. The summed E-state index contributed by atoms with van der Waals surface area (Å²) in [6, 6.07) is 0. The molecule has 12 heavy (non-hydrogen) atoms. The van der Waals surface area contributed by atoms with Crippen LogP contribution in [0.4, 0.5) is 0 Å². The lowest BCUT2D eigenvalue weighted by Crippen LogP contribution is -1.84. The second kappa shape index (κ2) is 4.83. The first kappa shape index (κ1) is 11.1. The van der Waals surface area contributed by atoms with Crippen molar-refractivity contribution in [2.75, 3.05) is 0 Å². The second-order valence-corrected chi connectivity index (χ2v) is 2.71. The van der Waals surface area contributed by atoms with Crippen molar-refractivity contribution in [3.63, 3.8) is 0 Å². The topological polar surface area (TPSA) is 73.8 Å². The predicted octanol–water partition coefficient (Wildman–Crippen LogP) is 1.23. The number of hydrogen-bond donors (Lipinski definition) is 3. The van der Waals surface area contributed by atoms with E-state index in [0.717, 1.165) is 6.92 Å². The first-order valence-electron chi connectivity index (χ1n) is 2.98. The minimum Gasteiger partial charge on any atom is -0.481 e. The molecule has 7 heteroatoms. The maximum atomic E-state index is 9.00. The van der Waals surface area contributed by atoms with Crippen LogP contribution in [0.5, 0.6) is 0 Å². The van der Waals surface area contributed by atoms with Crippen molar-refractivity contribution in [1.29, 1.82) is 0 Å². The normalized spacial score (nSPS) is 8.50. The molecule has 3 N–H and O–H groups in total. The second-order valence-electron chi connectivity index (χ2n) is 1.94. The Labute approximate surface area is 79.0 Å². The predicted molar refractivity (Wildman–Crippen MR) is 49.1 cm³/mol. The Hall–Kier alpha value is -0.950. The summed E-state index contributed by atoms with van der Waals surface area (Å²) in [5, 5.41) is 12.8. The Bertz CT molecular complexity index is 330. The molecule has 0 unspecified atom stereocenters. The zero-order valence-electron chi connectivity index (χ0n) is 6.62. The van der Waals surface area contributed by atoms with E-state index in [1.165, 1.54) is 0 Å². The highest BCUT2D eigenvalue weighted by Crippen LogP contribution is 1.83. The molecule has 1 heterocycles. The summed E-state index contributed by atoms with van der Waals surface area (Å²) in [4.78, 5) is 9.00. The zero-order valence-corrected chi connectivity index (χ0v) is 8.25. The minimum absolute atomic E-state index is 0.620. The van der Waals surface area contributed by atoms with Crippen LogP contribution in [0.1, 0.15) is 6.92 Å². The molecule has 1 rings (SSSR count). The average Bonchev–Trinajstić information content (AvgIpc) is 2.19. The van der Waals surface area contributed by atoms with Crippen molar-refractivity contribution < 1.29 is 9.90 Å². The Morgan fingerprint density at radius 2 is 1.67 bits per heavy atom. The van der Waals surface area contributed by atoms with Gasteiger partial charge >= 0.3 is 0 Å². The van der Waals surface area contributed by atoms with E-state index in [1.807, 2.05) is 0 Å². The summed E-state index contributed by atoms with van der Waals surface area (Å²) in [5.74, 6) is -0.833. The third-order valence-corrected chi connectivity index (χ3v) is 1.64. The molecule has 0 radical (unpaired) electrons. The molecule has 1 aromatic rings. The number of nitrogens with one attached hydrogen (secondary N) is 2. The number of hydrogen-bond acceptors (Lipinski definition) is 3. The van der Waals surface area contributed by atoms with Gasteiger partial charge in [-0.1, -0.05) is 0 Å². The van der Waals surface area contributed by atoms with Crippen molar-refractivity contribution in [1.82, 2.24) is 14.8 Å². The van der Waals surface area contributed by atoms with Crippen LogP contribution in [-0.4, -0.2) is 25.8 Å². The molecule has 5 nitrogen and oxygen atoms in total. The van der Waals surface area contributed by atoms with Crippen molar-refractivity contribution in [2.45, 2.75) is 6.92 Å². The van der Waals surface area contributed by atoms with Crippen LogP contribution in [0.15, 0.2) is 0 Å². The molecule has 0 aliphatic rings. The third-order valence-electron chi connectivity index (χ3n) is 0.886. The Morgan fingerprint density at radius 1 is 1.42 bits per heavy atom. The standard InChI is InChI=1S/C3H5N3S2.C2H4O2/c1-6-2(7)4-5-3(6)8;1-2(3)4/h1H3,(H,4,7)(H,5,8);1H3,(H,3,4). The summed E-state index contributed by atoms with van der Waals surface area (Å²) < 4.78 is 2.93. The van der Waals surface area contributed by atoms with Gasteiger partial charge in [0, 0.05) is 14.0 Å². The van der Waals surface area contributed by atoms with Crippen molar-refractivity contribution in [2.24, 2.45) is 7.05 Å². The van der Waals surface area contributed by atoms with E-state index in [1.54, 1.807) is 11.6 Å². The molecular weight excluding hydrogens is 198 g/mol. The fourth-order valence-corrected chi connectivity index (χ4v) is 0.709. The molecule has 1 aromatic heterocycles. The number of carbonyl (C=O) groups is 1. The van der Waals surface area contributed by atoms with Gasteiger partial charge in [0.25, 0.3) is 5.97 Å². The molecule has 0 saturated heterocycles. The lowest BCUT2D eigenvalue weighted by atomic mass is 10.9. The summed E-state index contributed by atoms with van der Waals surface area (Å²) in [7, 11) is 1.80. The maximum absolute atomic E-state index is 9.00. The molecule has 0 amide bonds. The van der Waals surface area contributed by atoms with Crippen LogP contribution >= 0.6 is 24.4 Å². The zero-order chi connectivity index (χ0) is 9.72. The van der Waals surface area contributed by atoms with Crippen molar-refractivity contribution in [3.8, 4) is 0 Å². The van der Waals surface area contributed by atoms with Crippen LogP contribution in [0, 0.1) is 9.54 Å². The number of aromatic amines is 2. The van der Waals surface area contributed by atoms with Gasteiger partial charge in [-0.15, -0.1) is 0 Å². The molecular formula is C5H9N3O2S2. The highest BCUT2D eigenvalue weighted by atomic mass is 32.1. The molecule has 0 fully saturated rings. The number of carboxylic acids is 1. The molecule has 0 aliphatic heterocycles. The summed E-state index contributed by atoms with van der Waals surface area (Å²) in [6.07, 6.45) is 0. The number of H-pyrrole nitrogens is 2. The van der Waals surface area contributed by atoms with E-state index >= 15 is 0 Å². The molecule has 0 atom stereocenters. The van der Waals surface area contributed by atoms with Gasteiger partial charge in [0.05, 0.1) is 0 Å². The number of aromatic nitrogens is 3. The molecule has 68 valence electrons. The number of nitrogens with zero attached hydrogens (tertiary/aromatic N) is 1. The van der Waals surface area contributed by atoms with E-state index in [2.05, 4.69) is 10.2 Å². The molecule has 0 spiro atoms. The third kappa shape index (κ3) is 4.04. The minimum atomic E-state index is -0.833. The highest BCUT2D eigenvalue weighted by Gasteiger charge is 1.83. The number of aliphatic carboxylic acids is 1. The van der Waals surface area contributed by atoms with E-state index in [-0.39, 0.29) is 0 Å². The Balaban J connectivity index is 0.000000261. The largest absolute Gasteiger partial charge is 0.481 e. The van der Waals surface area contributed by atoms with Crippen molar-refractivity contribution >= 4 is 30.4 Å². The van der Waals surface area contributed by atoms with Crippen LogP contribution in [0.3, 0.4) is 0 Å². The van der Waals surface area contributed by atoms with Gasteiger partial charge in [0.2, 0.25) is 0 Å². The summed E-state index contributed by atoms with van der Waals surface area (Å²) in [5.41, 5.74) is 0. The Kier molecular flexibility index (Phi) is 4.45. The lowest BCUT2D eigenvalue weighted by molar-refractivity contribution is -0.134. The lowest BCUT2D eigenvalue weighted by Gasteiger charge is -1.79. The fourth-order valence-electron chi connectivity index (χ4n) is 0.367. The van der Waals surface area contributed by atoms with Gasteiger partial charge in [-0.2, -0.15) is 0 Å². The van der Waals surface area contributed by atoms with E-state index < -0.39 is 5.97 Å². The fraction of sp³-hybridized carbons (Fsp3) is 0.400. The van der Waals surface area contributed by atoms with E-state index in [4.69, 9.17) is 34.3 Å². The van der Waals surface area contributed by atoms with Crippen LogP contribution in [-0.2, 0) is 11.8 Å². The molecule has 0 aliphatic carbocycles. The Morgan fingerprint density at radius 3 is 1.75 bits per heavy atom. The van der Waals surface area contributed by atoms with Gasteiger partial charge in [0.1, 0.15) is 0 Å². The van der Waals surface area contributed by atoms with Crippen LogP contribution in [0.2, 0.25) is 0 Å². The van der Waals surface area contributed by atoms with Crippen molar-refractivity contribution in [3.05, 3.63) is 9.54 Å².